The molecule has 1 heterocycles. The van der Waals surface area contributed by atoms with Gasteiger partial charge in [-0.25, -0.2) is 0 Å². The molecule has 2 amide bonds. The van der Waals surface area contributed by atoms with Crippen LogP contribution in [0.2, 0.25) is 0 Å². The van der Waals surface area contributed by atoms with Gasteiger partial charge in [-0.3, -0.25) is 14.5 Å². The quantitative estimate of drug-likeness (QED) is 0.555. The van der Waals surface area contributed by atoms with Crippen molar-refractivity contribution in [2.45, 2.75) is 38.8 Å². The van der Waals surface area contributed by atoms with Crippen LogP contribution in [0, 0.1) is 0 Å². The molecule has 1 fully saturated rings. The van der Waals surface area contributed by atoms with Crippen molar-refractivity contribution >= 4 is 33.4 Å². The first kappa shape index (κ1) is 23.1. The zero-order valence-electron chi connectivity index (χ0n) is 17.8. The molecule has 2 aromatic rings. The number of carbonyl (C=O) groups excluding carboxylic acids is 2. The van der Waals surface area contributed by atoms with Gasteiger partial charge < -0.3 is 20.5 Å². The molecule has 3 N–H and O–H groups in total. The lowest BCUT2D eigenvalue weighted by molar-refractivity contribution is -0.122. The van der Waals surface area contributed by atoms with Crippen molar-refractivity contribution in [2.75, 3.05) is 25.6 Å². The van der Waals surface area contributed by atoms with Gasteiger partial charge in [-0.1, -0.05) is 19.1 Å². The standard InChI is InChI=1S/C23H28BrN3O4/c1-3-10-31-21-18(24)12-16(13-20(21)30-2)23(29)26-17-7-4-6-15(11-17)14-27-9-5-8-19(27)22(25)28/h4,6-7,11-13,19H,3,5,8-10,14H2,1-2H3,(H2,25,28)(H,26,29). The second-order valence-corrected chi connectivity index (χ2v) is 8.38. The fraction of sp³-hybridized carbons (Fsp3) is 0.391. The fourth-order valence-electron chi connectivity index (χ4n) is 3.72. The van der Waals surface area contributed by atoms with Crippen LogP contribution in [0.1, 0.15) is 42.1 Å². The van der Waals surface area contributed by atoms with Crippen LogP contribution in [0.4, 0.5) is 5.69 Å². The van der Waals surface area contributed by atoms with Gasteiger partial charge >= 0.3 is 0 Å². The molecule has 0 radical (unpaired) electrons. The second-order valence-electron chi connectivity index (χ2n) is 7.52. The van der Waals surface area contributed by atoms with Gasteiger partial charge in [-0.15, -0.1) is 0 Å². The molecule has 0 aliphatic carbocycles. The molecule has 1 aliphatic rings. The molecule has 1 aliphatic heterocycles. The number of halogens is 1. The molecule has 7 nitrogen and oxygen atoms in total. The molecule has 1 unspecified atom stereocenters. The molecule has 2 aromatic carbocycles. The SMILES string of the molecule is CCCOc1c(Br)cc(C(=O)Nc2cccc(CN3CCCC3C(N)=O)c2)cc1OC. The summed E-state index contributed by atoms with van der Waals surface area (Å²) >= 11 is 3.47. The van der Waals surface area contributed by atoms with Crippen molar-refractivity contribution < 1.29 is 19.1 Å². The van der Waals surface area contributed by atoms with Gasteiger partial charge in [-0.05, 0) is 71.6 Å². The van der Waals surface area contributed by atoms with E-state index in [0.717, 1.165) is 31.4 Å². The summed E-state index contributed by atoms with van der Waals surface area (Å²) in [7, 11) is 1.55. The van der Waals surface area contributed by atoms with Crippen LogP contribution in [0.5, 0.6) is 11.5 Å². The first-order chi connectivity index (χ1) is 14.9. The van der Waals surface area contributed by atoms with Gasteiger partial charge in [0.25, 0.3) is 5.91 Å². The highest BCUT2D eigenvalue weighted by Crippen LogP contribution is 2.37. The van der Waals surface area contributed by atoms with Crippen LogP contribution in [0.3, 0.4) is 0 Å². The predicted octanol–water partition coefficient (Wildman–Crippen LogP) is 3.95. The number of benzene rings is 2. The van der Waals surface area contributed by atoms with Crippen molar-refractivity contribution in [3.05, 3.63) is 52.0 Å². The molecule has 166 valence electrons. The number of ether oxygens (including phenoxy) is 2. The number of nitrogens with two attached hydrogens (primary N) is 1. The van der Waals surface area contributed by atoms with E-state index in [-0.39, 0.29) is 17.9 Å². The Bertz CT molecular complexity index is 950. The minimum atomic E-state index is -0.284. The summed E-state index contributed by atoms with van der Waals surface area (Å²) in [5, 5.41) is 2.93. The van der Waals surface area contributed by atoms with E-state index in [0.29, 0.717) is 40.4 Å². The first-order valence-electron chi connectivity index (χ1n) is 10.4. The van der Waals surface area contributed by atoms with Gasteiger partial charge in [0.05, 0.1) is 24.2 Å². The van der Waals surface area contributed by atoms with Crippen LogP contribution in [-0.4, -0.2) is 43.0 Å². The third kappa shape index (κ3) is 5.77. The highest BCUT2D eigenvalue weighted by atomic mass is 79.9. The summed E-state index contributed by atoms with van der Waals surface area (Å²) in [6.07, 6.45) is 2.62. The van der Waals surface area contributed by atoms with Crippen molar-refractivity contribution in [1.82, 2.24) is 4.90 Å². The summed E-state index contributed by atoms with van der Waals surface area (Å²) in [5.41, 5.74) is 7.65. The van der Waals surface area contributed by atoms with Crippen LogP contribution in [-0.2, 0) is 11.3 Å². The van der Waals surface area contributed by atoms with E-state index >= 15 is 0 Å². The number of nitrogens with one attached hydrogen (secondary N) is 1. The Kier molecular flexibility index (Phi) is 7.92. The Hall–Kier alpha value is -2.58. The Balaban J connectivity index is 1.73. The number of likely N-dealkylation sites (tertiary alicyclic amines) is 1. The minimum absolute atomic E-state index is 0.225. The van der Waals surface area contributed by atoms with Gasteiger partial charge in [0.2, 0.25) is 5.91 Å². The zero-order chi connectivity index (χ0) is 22.4. The highest BCUT2D eigenvalue weighted by molar-refractivity contribution is 9.10. The maximum atomic E-state index is 12.9. The first-order valence-corrected chi connectivity index (χ1v) is 11.2. The lowest BCUT2D eigenvalue weighted by Gasteiger charge is -2.22. The normalized spacial score (nSPS) is 16.2. The number of carbonyl (C=O) groups is 2. The van der Waals surface area contributed by atoms with E-state index < -0.39 is 0 Å². The predicted molar refractivity (Wildman–Crippen MR) is 124 cm³/mol. The monoisotopic (exact) mass is 489 g/mol. The van der Waals surface area contributed by atoms with E-state index in [9.17, 15) is 9.59 Å². The molecular weight excluding hydrogens is 462 g/mol. The second kappa shape index (κ2) is 10.6. The lowest BCUT2D eigenvalue weighted by Crippen LogP contribution is -2.39. The lowest BCUT2D eigenvalue weighted by atomic mass is 10.1. The number of primary amides is 1. The molecule has 3 rings (SSSR count). The topological polar surface area (TPSA) is 93.9 Å². The average Bonchev–Trinajstić information content (AvgIpc) is 3.21. The minimum Gasteiger partial charge on any atom is -0.493 e. The van der Waals surface area contributed by atoms with Crippen LogP contribution >= 0.6 is 15.9 Å². The van der Waals surface area contributed by atoms with Gasteiger partial charge in [0.15, 0.2) is 11.5 Å². The third-order valence-electron chi connectivity index (χ3n) is 5.20. The smallest absolute Gasteiger partial charge is 0.255 e. The summed E-state index contributed by atoms with van der Waals surface area (Å²) < 4.78 is 11.8. The number of methoxy groups -OCH3 is 1. The zero-order valence-corrected chi connectivity index (χ0v) is 19.4. The van der Waals surface area contributed by atoms with E-state index in [1.165, 1.54) is 0 Å². The van der Waals surface area contributed by atoms with E-state index in [4.69, 9.17) is 15.2 Å². The molecule has 1 saturated heterocycles. The fourth-order valence-corrected chi connectivity index (χ4v) is 4.27. The molecule has 8 heteroatoms. The van der Waals surface area contributed by atoms with E-state index in [2.05, 4.69) is 26.1 Å². The molecule has 31 heavy (non-hydrogen) atoms. The molecular formula is C23H28BrN3O4. The van der Waals surface area contributed by atoms with Crippen molar-refractivity contribution in [3.8, 4) is 11.5 Å². The summed E-state index contributed by atoms with van der Waals surface area (Å²) in [6.45, 7) is 4.03. The molecule has 0 saturated carbocycles. The summed E-state index contributed by atoms with van der Waals surface area (Å²) in [4.78, 5) is 26.6. The Morgan fingerprint density at radius 3 is 2.81 bits per heavy atom. The number of rotatable bonds is 9. The summed E-state index contributed by atoms with van der Waals surface area (Å²) in [6, 6.07) is 10.8. The molecule has 0 spiro atoms. The van der Waals surface area contributed by atoms with Gasteiger partial charge in [0.1, 0.15) is 0 Å². The third-order valence-corrected chi connectivity index (χ3v) is 5.79. The maximum Gasteiger partial charge on any atom is 0.255 e. The number of hydrogen-bond donors (Lipinski definition) is 2. The van der Waals surface area contributed by atoms with Gasteiger partial charge in [0, 0.05) is 17.8 Å². The highest BCUT2D eigenvalue weighted by Gasteiger charge is 2.28. The Labute approximate surface area is 191 Å². The maximum absolute atomic E-state index is 12.9. The van der Waals surface area contributed by atoms with Crippen molar-refractivity contribution in [1.29, 1.82) is 0 Å². The molecule has 0 aromatic heterocycles. The molecule has 0 bridgehead atoms. The average molecular weight is 490 g/mol. The van der Waals surface area contributed by atoms with Crippen molar-refractivity contribution in [2.24, 2.45) is 5.73 Å². The van der Waals surface area contributed by atoms with E-state index in [1.807, 2.05) is 31.2 Å². The Morgan fingerprint density at radius 1 is 1.29 bits per heavy atom. The van der Waals surface area contributed by atoms with Crippen molar-refractivity contribution in [3.63, 3.8) is 0 Å². The van der Waals surface area contributed by atoms with Crippen LogP contribution in [0.15, 0.2) is 40.9 Å². The number of hydrogen-bond acceptors (Lipinski definition) is 5. The summed E-state index contributed by atoms with van der Waals surface area (Å²) in [5.74, 6) is 0.535. The number of amides is 2. The molecule has 1 atom stereocenters. The number of anilines is 1. The largest absolute Gasteiger partial charge is 0.493 e. The van der Waals surface area contributed by atoms with E-state index in [1.54, 1.807) is 19.2 Å². The van der Waals surface area contributed by atoms with Crippen LogP contribution < -0.4 is 20.5 Å². The number of nitrogens with zero attached hydrogens (tertiary/aromatic N) is 1. The van der Waals surface area contributed by atoms with Crippen LogP contribution in [0.25, 0.3) is 0 Å². The van der Waals surface area contributed by atoms with Gasteiger partial charge in [-0.2, -0.15) is 0 Å². The Morgan fingerprint density at radius 2 is 2.10 bits per heavy atom.